The van der Waals surface area contributed by atoms with Gasteiger partial charge in [0, 0.05) is 0 Å². The summed E-state index contributed by atoms with van der Waals surface area (Å²) in [5, 5.41) is 4.49. The molecule has 12 heteroatoms. The molecule has 0 heterocycles. The fraction of sp³-hybridized carbons (Fsp3) is 0.250. The topological polar surface area (TPSA) is 94.3 Å². The Kier molecular flexibility index (Phi) is 4.41. The van der Waals surface area contributed by atoms with Crippen LogP contribution in [-0.4, -0.2) is 28.3 Å². The first-order valence-corrected chi connectivity index (χ1v) is 8.00. The average molecular weight is 339 g/mol. The average Bonchev–Trinajstić information content (AvgIpc) is 2.31. The molecule has 20 heavy (non-hydrogen) atoms. The lowest BCUT2D eigenvalue weighted by atomic mass is 10.3. The minimum absolute atomic E-state index is 1.24. The van der Waals surface area contributed by atoms with Gasteiger partial charge in [0.25, 0.3) is 0 Å². The summed E-state index contributed by atoms with van der Waals surface area (Å²) in [4.78, 5) is -2.09. The maximum Gasteiger partial charge on any atom is 0.210 e. The molecule has 0 amide bonds. The number of rotatable bonds is 4. The Morgan fingerprint density at radius 3 is 1.40 bits per heavy atom. The molecule has 0 radical (unpaired) electrons. The van der Waals surface area contributed by atoms with Crippen LogP contribution in [0.1, 0.15) is 0 Å². The molecular formula is C8H6F5NO4S2. The highest BCUT2D eigenvalue weighted by molar-refractivity contribution is 7.94. The van der Waals surface area contributed by atoms with Gasteiger partial charge in [0.05, 0.1) is 11.5 Å². The summed E-state index contributed by atoms with van der Waals surface area (Å²) in [7, 11) is -9.38. The van der Waals surface area contributed by atoms with E-state index in [-0.39, 0.29) is 0 Å². The molecule has 0 saturated carbocycles. The van der Waals surface area contributed by atoms with E-state index in [9.17, 15) is 38.8 Å². The lowest BCUT2D eigenvalue weighted by Crippen LogP contribution is -2.25. The Morgan fingerprint density at radius 1 is 0.700 bits per heavy atom. The minimum atomic E-state index is -5.07. The van der Waals surface area contributed by atoms with E-state index in [0.717, 1.165) is 0 Å². The first-order valence-electron chi connectivity index (χ1n) is 4.63. The Morgan fingerprint density at radius 2 is 1.05 bits per heavy atom. The van der Waals surface area contributed by atoms with Crippen molar-refractivity contribution in [2.75, 3.05) is 11.5 Å². The lowest BCUT2D eigenvalue weighted by Gasteiger charge is -2.08. The highest BCUT2D eigenvalue weighted by Crippen LogP contribution is 2.27. The zero-order valence-electron chi connectivity index (χ0n) is 9.33. The van der Waals surface area contributed by atoms with Crippen LogP contribution in [0, 0.1) is 29.1 Å². The van der Waals surface area contributed by atoms with Crippen LogP contribution in [-0.2, 0) is 19.9 Å². The van der Waals surface area contributed by atoms with Crippen LogP contribution < -0.4 is 5.14 Å². The number of hydrogen-bond donors (Lipinski definition) is 1. The van der Waals surface area contributed by atoms with Crippen molar-refractivity contribution >= 4 is 19.9 Å². The van der Waals surface area contributed by atoms with Crippen molar-refractivity contribution in [1.29, 1.82) is 0 Å². The van der Waals surface area contributed by atoms with Crippen LogP contribution in [0.4, 0.5) is 22.0 Å². The Balaban J connectivity index is 3.48. The molecule has 0 unspecified atom stereocenters. The van der Waals surface area contributed by atoms with Crippen LogP contribution >= 0.6 is 0 Å². The summed E-state index contributed by atoms with van der Waals surface area (Å²) < 4.78 is 109. The van der Waals surface area contributed by atoms with Gasteiger partial charge in [-0.3, -0.25) is 0 Å². The molecule has 0 aromatic heterocycles. The van der Waals surface area contributed by atoms with Gasteiger partial charge in [0.15, 0.2) is 33.1 Å². The van der Waals surface area contributed by atoms with Crippen molar-refractivity contribution in [2.45, 2.75) is 4.90 Å². The summed E-state index contributed by atoms with van der Waals surface area (Å²) in [6, 6.07) is 0. The fourth-order valence-electron chi connectivity index (χ4n) is 1.19. The summed E-state index contributed by atoms with van der Waals surface area (Å²) in [5.41, 5.74) is 0. The maximum absolute atomic E-state index is 13.2. The molecule has 0 spiro atoms. The van der Waals surface area contributed by atoms with Crippen molar-refractivity contribution in [2.24, 2.45) is 5.14 Å². The molecule has 0 fully saturated rings. The molecule has 1 rings (SSSR count). The van der Waals surface area contributed by atoms with Crippen LogP contribution in [0.15, 0.2) is 4.90 Å². The van der Waals surface area contributed by atoms with Crippen LogP contribution in [0.25, 0.3) is 0 Å². The van der Waals surface area contributed by atoms with E-state index < -0.39 is 65.3 Å². The summed E-state index contributed by atoms with van der Waals surface area (Å²) in [6.07, 6.45) is 0. The van der Waals surface area contributed by atoms with Crippen LogP contribution in [0.5, 0.6) is 0 Å². The number of hydrogen-bond acceptors (Lipinski definition) is 4. The van der Waals surface area contributed by atoms with E-state index >= 15 is 0 Å². The summed E-state index contributed by atoms with van der Waals surface area (Å²) in [6.45, 7) is 0. The van der Waals surface area contributed by atoms with E-state index in [1.807, 2.05) is 0 Å². The zero-order valence-corrected chi connectivity index (χ0v) is 11.0. The molecular weight excluding hydrogens is 333 g/mol. The van der Waals surface area contributed by atoms with Crippen LogP contribution in [0.2, 0.25) is 0 Å². The van der Waals surface area contributed by atoms with E-state index in [0.29, 0.717) is 0 Å². The number of halogens is 5. The predicted octanol–water partition coefficient (Wildman–Crippen LogP) is 0.444. The molecule has 0 bridgehead atoms. The van der Waals surface area contributed by atoms with E-state index in [1.54, 1.807) is 0 Å². The van der Waals surface area contributed by atoms with Gasteiger partial charge in [-0.2, -0.15) is 0 Å². The second-order valence-electron chi connectivity index (χ2n) is 3.58. The molecule has 1 aromatic rings. The third kappa shape index (κ3) is 3.24. The van der Waals surface area contributed by atoms with E-state index in [4.69, 9.17) is 0 Å². The third-order valence-electron chi connectivity index (χ3n) is 2.12. The molecule has 0 aliphatic carbocycles. The zero-order chi connectivity index (χ0) is 15.9. The smallest absolute Gasteiger partial charge is 0.210 e. The van der Waals surface area contributed by atoms with Gasteiger partial charge in [0.1, 0.15) is 4.90 Å². The largest absolute Gasteiger partial charge is 0.229 e. The van der Waals surface area contributed by atoms with Gasteiger partial charge in [-0.05, 0) is 0 Å². The predicted molar refractivity (Wildman–Crippen MR) is 56.3 cm³/mol. The molecule has 0 aliphatic heterocycles. The lowest BCUT2D eigenvalue weighted by molar-refractivity contribution is 0.358. The number of nitrogens with two attached hydrogens (primary N) is 1. The molecule has 0 atom stereocenters. The molecule has 2 N–H and O–H groups in total. The fourth-order valence-corrected chi connectivity index (χ4v) is 3.92. The first-order chi connectivity index (χ1) is 8.88. The summed E-state index contributed by atoms with van der Waals surface area (Å²) in [5.74, 6) is -15.2. The standard InChI is InChI=1S/C8H6F5NO4S2/c9-3-4(10)6(12)8(7(13)5(3)11)19(15,16)1-2-20(14,17)18/h1-2H2,(H2,14,17,18). The van der Waals surface area contributed by atoms with Crippen molar-refractivity contribution in [1.82, 2.24) is 0 Å². The number of sulfone groups is 1. The second kappa shape index (κ2) is 5.26. The van der Waals surface area contributed by atoms with Gasteiger partial charge in [-0.15, -0.1) is 0 Å². The van der Waals surface area contributed by atoms with E-state index in [2.05, 4.69) is 5.14 Å². The van der Waals surface area contributed by atoms with Gasteiger partial charge in [0.2, 0.25) is 15.8 Å². The molecule has 114 valence electrons. The quantitative estimate of drug-likeness (QED) is 0.373. The summed E-state index contributed by atoms with van der Waals surface area (Å²) >= 11 is 0. The molecule has 0 aliphatic rings. The molecule has 0 saturated heterocycles. The molecule has 1 aromatic carbocycles. The Labute approximate surface area is 110 Å². The van der Waals surface area contributed by atoms with Crippen molar-refractivity contribution < 1.29 is 38.8 Å². The van der Waals surface area contributed by atoms with Crippen LogP contribution in [0.3, 0.4) is 0 Å². The monoisotopic (exact) mass is 339 g/mol. The Bertz CT molecular complexity index is 731. The van der Waals surface area contributed by atoms with Gasteiger partial charge < -0.3 is 0 Å². The highest BCUT2D eigenvalue weighted by atomic mass is 32.2. The van der Waals surface area contributed by atoms with Crippen molar-refractivity contribution in [3.8, 4) is 0 Å². The SMILES string of the molecule is NS(=O)(=O)CCS(=O)(=O)c1c(F)c(F)c(F)c(F)c1F. The number of primary sulfonamides is 1. The molecule has 5 nitrogen and oxygen atoms in total. The highest BCUT2D eigenvalue weighted by Gasteiger charge is 2.33. The van der Waals surface area contributed by atoms with Gasteiger partial charge in [-0.25, -0.2) is 43.9 Å². The second-order valence-corrected chi connectivity index (χ2v) is 7.36. The third-order valence-corrected chi connectivity index (χ3v) is 4.87. The van der Waals surface area contributed by atoms with E-state index in [1.165, 1.54) is 0 Å². The number of benzene rings is 1. The van der Waals surface area contributed by atoms with Crippen molar-refractivity contribution in [3.63, 3.8) is 0 Å². The Hall–Kier alpha value is -1.27. The minimum Gasteiger partial charge on any atom is -0.229 e. The van der Waals surface area contributed by atoms with Gasteiger partial charge >= 0.3 is 0 Å². The van der Waals surface area contributed by atoms with Gasteiger partial charge in [-0.1, -0.05) is 0 Å². The first kappa shape index (κ1) is 16.8. The maximum atomic E-state index is 13.2. The normalized spacial score (nSPS) is 12.7. The van der Waals surface area contributed by atoms with Crippen molar-refractivity contribution in [3.05, 3.63) is 29.1 Å². The number of sulfonamides is 1.